The lowest BCUT2D eigenvalue weighted by Crippen LogP contribution is -2.47. The van der Waals surface area contributed by atoms with Gasteiger partial charge < -0.3 is 0 Å². The normalized spacial score (nSPS) is 23.8. The third-order valence-electron chi connectivity index (χ3n) is 3.25. The SMILES string of the molecule is CCc1nnc(CN2CC3(CC3)C2)s1. The zero-order valence-corrected chi connectivity index (χ0v) is 9.31. The maximum Gasteiger partial charge on any atom is 0.131 e. The van der Waals surface area contributed by atoms with Crippen LogP contribution in [0.25, 0.3) is 0 Å². The molecule has 0 unspecified atom stereocenters. The summed E-state index contributed by atoms with van der Waals surface area (Å²) in [4.78, 5) is 2.49. The largest absolute Gasteiger partial charge is 0.295 e. The highest BCUT2D eigenvalue weighted by Crippen LogP contribution is 2.53. The van der Waals surface area contributed by atoms with Crippen LogP contribution in [0.2, 0.25) is 0 Å². The molecule has 0 aromatic carbocycles. The van der Waals surface area contributed by atoms with E-state index in [4.69, 9.17) is 0 Å². The standard InChI is InChI=1S/C10H15N3S/c1-2-8-11-12-9(14-8)5-13-6-10(7-13)3-4-10/h2-7H2,1H3. The third kappa shape index (κ3) is 1.46. The minimum atomic E-state index is 0.762. The van der Waals surface area contributed by atoms with Crippen LogP contribution in [0.4, 0.5) is 0 Å². The lowest BCUT2D eigenvalue weighted by Gasteiger charge is -2.39. The number of nitrogens with zero attached hydrogens (tertiary/aromatic N) is 3. The Balaban J connectivity index is 1.57. The number of rotatable bonds is 3. The van der Waals surface area contributed by atoms with Crippen LogP contribution in [0.3, 0.4) is 0 Å². The minimum absolute atomic E-state index is 0.762. The Morgan fingerprint density at radius 3 is 2.57 bits per heavy atom. The summed E-state index contributed by atoms with van der Waals surface area (Å²) in [5, 5.41) is 10.7. The average molecular weight is 209 g/mol. The molecule has 1 aliphatic carbocycles. The molecule has 0 radical (unpaired) electrons. The second-order valence-corrected chi connectivity index (χ2v) is 5.73. The quantitative estimate of drug-likeness (QED) is 0.758. The molecule has 0 bridgehead atoms. The Labute approximate surface area is 88.1 Å². The van der Waals surface area contributed by atoms with Crippen LogP contribution in [0, 0.1) is 5.41 Å². The molecule has 1 aromatic rings. The van der Waals surface area contributed by atoms with Crippen molar-refractivity contribution in [1.82, 2.24) is 15.1 Å². The van der Waals surface area contributed by atoms with Crippen molar-refractivity contribution < 1.29 is 0 Å². The van der Waals surface area contributed by atoms with Crippen LogP contribution < -0.4 is 0 Å². The summed E-state index contributed by atoms with van der Waals surface area (Å²) in [6.07, 6.45) is 3.93. The molecule has 1 saturated heterocycles. The topological polar surface area (TPSA) is 29.0 Å². The number of likely N-dealkylation sites (tertiary alicyclic amines) is 1. The van der Waals surface area contributed by atoms with Crippen LogP contribution in [0.15, 0.2) is 0 Å². The van der Waals surface area contributed by atoms with E-state index in [1.54, 1.807) is 11.3 Å². The molecular weight excluding hydrogens is 194 g/mol. The molecule has 0 N–H and O–H groups in total. The summed E-state index contributed by atoms with van der Waals surface area (Å²) < 4.78 is 0. The van der Waals surface area contributed by atoms with Crippen molar-refractivity contribution in [2.75, 3.05) is 13.1 Å². The van der Waals surface area contributed by atoms with Crippen LogP contribution in [-0.4, -0.2) is 28.2 Å². The molecule has 2 fully saturated rings. The summed E-state index contributed by atoms with van der Waals surface area (Å²) in [7, 11) is 0. The van der Waals surface area contributed by atoms with Crippen molar-refractivity contribution in [2.24, 2.45) is 5.41 Å². The van der Waals surface area contributed by atoms with E-state index in [9.17, 15) is 0 Å². The first-order chi connectivity index (χ1) is 6.80. The molecule has 76 valence electrons. The molecule has 0 atom stereocenters. The molecule has 1 saturated carbocycles. The van der Waals surface area contributed by atoms with Crippen LogP contribution >= 0.6 is 11.3 Å². The summed E-state index contributed by atoms with van der Waals surface area (Å²) >= 11 is 1.77. The van der Waals surface area contributed by atoms with E-state index in [1.165, 1.54) is 35.9 Å². The zero-order chi connectivity index (χ0) is 9.60. The van der Waals surface area contributed by atoms with Gasteiger partial charge in [0, 0.05) is 13.1 Å². The first-order valence-corrected chi connectivity index (χ1v) is 6.15. The highest BCUT2D eigenvalue weighted by atomic mass is 32.1. The summed E-state index contributed by atoms with van der Waals surface area (Å²) in [5.74, 6) is 0. The summed E-state index contributed by atoms with van der Waals surface area (Å²) in [6.45, 7) is 5.76. The smallest absolute Gasteiger partial charge is 0.131 e. The van der Waals surface area contributed by atoms with Gasteiger partial charge in [-0.15, -0.1) is 21.5 Å². The molecule has 3 rings (SSSR count). The molecule has 2 aliphatic rings. The predicted octanol–water partition coefficient (Wildman–Crippen LogP) is 1.70. The highest BCUT2D eigenvalue weighted by Gasteiger charge is 2.51. The van der Waals surface area contributed by atoms with Crippen molar-refractivity contribution in [3.8, 4) is 0 Å². The van der Waals surface area contributed by atoms with Gasteiger partial charge in [-0.3, -0.25) is 4.90 Å². The molecule has 1 spiro atoms. The van der Waals surface area contributed by atoms with E-state index >= 15 is 0 Å². The van der Waals surface area contributed by atoms with Crippen molar-refractivity contribution in [1.29, 1.82) is 0 Å². The Morgan fingerprint density at radius 1 is 1.29 bits per heavy atom. The van der Waals surface area contributed by atoms with Crippen LogP contribution in [0.5, 0.6) is 0 Å². The Hall–Kier alpha value is -0.480. The summed E-state index contributed by atoms with van der Waals surface area (Å²) in [6, 6.07) is 0. The zero-order valence-electron chi connectivity index (χ0n) is 8.49. The first-order valence-electron chi connectivity index (χ1n) is 5.33. The van der Waals surface area contributed by atoms with E-state index in [2.05, 4.69) is 22.0 Å². The molecule has 3 nitrogen and oxygen atoms in total. The Morgan fingerprint density at radius 2 is 2.00 bits per heavy atom. The average Bonchev–Trinajstić information content (AvgIpc) is 2.77. The maximum absolute atomic E-state index is 4.20. The van der Waals surface area contributed by atoms with E-state index in [1.807, 2.05) is 0 Å². The van der Waals surface area contributed by atoms with E-state index in [0.717, 1.165) is 18.4 Å². The van der Waals surface area contributed by atoms with Crippen LogP contribution in [-0.2, 0) is 13.0 Å². The Bertz CT molecular complexity index is 335. The van der Waals surface area contributed by atoms with Gasteiger partial charge in [-0.05, 0) is 24.7 Å². The lowest BCUT2D eigenvalue weighted by atomic mass is 9.97. The van der Waals surface area contributed by atoms with Crippen molar-refractivity contribution >= 4 is 11.3 Å². The van der Waals surface area contributed by atoms with Gasteiger partial charge in [0.2, 0.25) is 0 Å². The van der Waals surface area contributed by atoms with E-state index in [-0.39, 0.29) is 0 Å². The monoisotopic (exact) mass is 209 g/mol. The van der Waals surface area contributed by atoms with Crippen molar-refractivity contribution in [3.63, 3.8) is 0 Å². The van der Waals surface area contributed by atoms with Crippen LogP contribution in [0.1, 0.15) is 29.8 Å². The predicted molar refractivity (Wildman–Crippen MR) is 56.2 cm³/mol. The molecular formula is C10H15N3S. The van der Waals surface area contributed by atoms with Gasteiger partial charge in [0.05, 0.1) is 6.54 Å². The van der Waals surface area contributed by atoms with Gasteiger partial charge >= 0.3 is 0 Å². The molecule has 1 aliphatic heterocycles. The van der Waals surface area contributed by atoms with Gasteiger partial charge in [0.25, 0.3) is 0 Å². The Kier molecular flexibility index (Phi) is 1.89. The molecule has 4 heteroatoms. The van der Waals surface area contributed by atoms with Gasteiger partial charge in [0.15, 0.2) is 0 Å². The fraction of sp³-hybridized carbons (Fsp3) is 0.800. The fourth-order valence-corrected chi connectivity index (χ4v) is 3.02. The van der Waals surface area contributed by atoms with Gasteiger partial charge in [-0.1, -0.05) is 6.92 Å². The van der Waals surface area contributed by atoms with E-state index < -0.39 is 0 Å². The number of hydrogen-bond acceptors (Lipinski definition) is 4. The fourth-order valence-electron chi connectivity index (χ4n) is 2.19. The van der Waals surface area contributed by atoms with Gasteiger partial charge in [-0.25, -0.2) is 0 Å². The molecule has 0 amide bonds. The number of aromatic nitrogens is 2. The first kappa shape index (κ1) is 8.80. The highest BCUT2D eigenvalue weighted by molar-refractivity contribution is 7.11. The molecule has 1 aromatic heterocycles. The number of aryl methyl sites for hydroxylation is 1. The van der Waals surface area contributed by atoms with Gasteiger partial charge in [0.1, 0.15) is 10.0 Å². The second kappa shape index (κ2) is 3.00. The van der Waals surface area contributed by atoms with Crippen molar-refractivity contribution in [3.05, 3.63) is 10.0 Å². The molecule has 2 heterocycles. The minimum Gasteiger partial charge on any atom is -0.295 e. The van der Waals surface area contributed by atoms with Crippen molar-refractivity contribution in [2.45, 2.75) is 32.7 Å². The van der Waals surface area contributed by atoms with Gasteiger partial charge in [-0.2, -0.15) is 0 Å². The summed E-state index contributed by atoms with van der Waals surface area (Å²) in [5.41, 5.74) is 0.762. The second-order valence-electron chi connectivity index (χ2n) is 4.59. The van der Waals surface area contributed by atoms with E-state index in [0.29, 0.717) is 0 Å². The third-order valence-corrected chi connectivity index (χ3v) is 4.30. The lowest BCUT2D eigenvalue weighted by molar-refractivity contribution is 0.0736. The maximum atomic E-state index is 4.20. The number of hydrogen-bond donors (Lipinski definition) is 0. The molecule has 14 heavy (non-hydrogen) atoms.